The first kappa shape index (κ1) is 8.81. The van der Waals surface area contributed by atoms with Crippen LogP contribution < -0.4 is 0 Å². The number of hydrogen-bond donors (Lipinski definition) is 0. The number of hydrogen-bond acceptors (Lipinski definition) is 4. The molecule has 0 bridgehead atoms. The van der Waals surface area contributed by atoms with E-state index in [9.17, 15) is 0 Å². The Morgan fingerprint density at radius 2 is 2.58 bits per heavy atom. The normalized spacial score (nSPS) is 17.8. The molecule has 1 aliphatic rings. The monoisotopic (exact) mass is 221 g/mol. The zero-order chi connectivity index (χ0) is 8.39. The average molecular weight is 222 g/mol. The molecule has 12 heavy (non-hydrogen) atoms. The van der Waals surface area contributed by atoms with E-state index in [1.54, 1.807) is 0 Å². The average Bonchev–Trinajstić information content (AvgIpc) is 2.32. The number of rotatable bonds is 3. The van der Waals surface area contributed by atoms with Gasteiger partial charge in [0, 0.05) is 11.1 Å². The molecule has 0 amide bonds. The van der Waals surface area contributed by atoms with E-state index in [2.05, 4.69) is 4.98 Å². The highest BCUT2D eigenvalue weighted by molar-refractivity contribution is 7.99. The molecule has 0 aliphatic carbocycles. The molecule has 66 valence electrons. The van der Waals surface area contributed by atoms with Crippen molar-refractivity contribution in [3.8, 4) is 0 Å². The molecule has 1 fully saturated rings. The third-order valence-electron chi connectivity index (χ3n) is 1.60. The molecule has 2 rings (SSSR count). The zero-order valence-electron chi connectivity index (χ0n) is 6.33. The van der Waals surface area contributed by atoms with Crippen molar-refractivity contribution in [2.24, 2.45) is 0 Å². The first-order chi connectivity index (χ1) is 5.84. The molecule has 2 nitrogen and oxygen atoms in total. The molecule has 1 aromatic heterocycles. The SMILES string of the molecule is Clc1nc(CSC2COC2)cs1. The topological polar surface area (TPSA) is 22.1 Å². The third kappa shape index (κ3) is 2.13. The Labute approximate surface area is 84.3 Å². The summed E-state index contributed by atoms with van der Waals surface area (Å²) in [6.45, 7) is 1.78. The molecule has 0 N–H and O–H groups in total. The fraction of sp³-hybridized carbons (Fsp3) is 0.571. The number of thiazole rings is 1. The fourth-order valence-corrected chi connectivity index (χ4v) is 2.69. The van der Waals surface area contributed by atoms with Crippen molar-refractivity contribution in [1.82, 2.24) is 4.98 Å². The highest BCUT2D eigenvalue weighted by Crippen LogP contribution is 2.25. The molecule has 0 atom stereocenters. The Hall–Kier alpha value is 0.230. The molecule has 2 heterocycles. The Bertz CT molecular complexity index is 262. The van der Waals surface area contributed by atoms with Crippen LogP contribution >= 0.6 is 34.7 Å². The van der Waals surface area contributed by atoms with Gasteiger partial charge >= 0.3 is 0 Å². The number of halogens is 1. The van der Waals surface area contributed by atoms with Crippen molar-refractivity contribution in [1.29, 1.82) is 0 Å². The third-order valence-corrected chi connectivity index (χ3v) is 3.83. The van der Waals surface area contributed by atoms with Gasteiger partial charge in [-0.1, -0.05) is 11.6 Å². The van der Waals surface area contributed by atoms with Gasteiger partial charge in [-0.2, -0.15) is 0 Å². The van der Waals surface area contributed by atoms with E-state index in [1.165, 1.54) is 11.3 Å². The molecule has 1 aromatic rings. The minimum absolute atomic E-state index is 0.635. The largest absolute Gasteiger partial charge is 0.379 e. The predicted octanol–water partition coefficient (Wildman–Crippen LogP) is 2.43. The smallest absolute Gasteiger partial charge is 0.183 e. The van der Waals surface area contributed by atoms with Crippen molar-refractivity contribution >= 4 is 34.7 Å². The van der Waals surface area contributed by atoms with Crippen molar-refractivity contribution < 1.29 is 4.74 Å². The highest BCUT2D eigenvalue weighted by Gasteiger charge is 2.18. The number of nitrogens with zero attached hydrogens (tertiary/aromatic N) is 1. The molecule has 0 saturated carbocycles. The molecule has 1 aliphatic heterocycles. The Morgan fingerprint density at radius 1 is 1.75 bits per heavy atom. The van der Waals surface area contributed by atoms with Gasteiger partial charge < -0.3 is 4.74 Å². The molecule has 5 heteroatoms. The van der Waals surface area contributed by atoms with Crippen molar-refractivity contribution in [3.05, 3.63) is 15.5 Å². The molecule has 0 spiro atoms. The molecule has 0 aromatic carbocycles. The highest BCUT2D eigenvalue weighted by atomic mass is 35.5. The molecular weight excluding hydrogens is 214 g/mol. The van der Waals surface area contributed by atoms with Crippen molar-refractivity contribution in [3.63, 3.8) is 0 Å². The van der Waals surface area contributed by atoms with E-state index < -0.39 is 0 Å². The van der Waals surface area contributed by atoms with Gasteiger partial charge in [-0.15, -0.1) is 23.1 Å². The summed E-state index contributed by atoms with van der Waals surface area (Å²) in [5, 5.41) is 2.68. The quantitative estimate of drug-likeness (QED) is 0.783. The number of thioether (sulfide) groups is 1. The van der Waals surface area contributed by atoms with Crippen LogP contribution in [0, 0.1) is 0 Å². The first-order valence-electron chi connectivity index (χ1n) is 3.64. The van der Waals surface area contributed by atoms with Gasteiger partial charge in [0.2, 0.25) is 0 Å². The zero-order valence-corrected chi connectivity index (χ0v) is 8.71. The van der Waals surface area contributed by atoms with E-state index in [-0.39, 0.29) is 0 Å². The van der Waals surface area contributed by atoms with Crippen LogP contribution in [0.2, 0.25) is 4.47 Å². The van der Waals surface area contributed by atoms with Gasteiger partial charge in [0.1, 0.15) is 0 Å². The fourth-order valence-electron chi connectivity index (χ4n) is 0.862. The standard InChI is InChI=1S/C7H8ClNOS2/c8-7-9-5(4-12-7)3-11-6-1-10-2-6/h4,6H,1-3H2. The Balaban J connectivity index is 1.79. The lowest BCUT2D eigenvalue weighted by molar-refractivity contribution is 0.0455. The van der Waals surface area contributed by atoms with E-state index in [0.29, 0.717) is 9.72 Å². The molecule has 0 unspecified atom stereocenters. The van der Waals surface area contributed by atoms with Gasteiger partial charge in [-0.25, -0.2) is 4.98 Å². The second-order valence-corrected chi connectivity index (χ2v) is 5.29. The van der Waals surface area contributed by atoms with E-state index in [0.717, 1.165) is 24.7 Å². The van der Waals surface area contributed by atoms with Gasteiger partial charge in [0.25, 0.3) is 0 Å². The van der Waals surface area contributed by atoms with Crippen molar-refractivity contribution in [2.75, 3.05) is 13.2 Å². The van der Waals surface area contributed by atoms with Crippen LogP contribution in [0.15, 0.2) is 5.38 Å². The number of aromatic nitrogens is 1. The summed E-state index contributed by atoms with van der Waals surface area (Å²) in [4.78, 5) is 4.16. The van der Waals surface area contributed by atoms with Crippen LogP contribution in [-0.2, 0) is 10.5 Å². The summed E-state index contributed by atoms with van der Waals surface area (Å²) in [5.74, 6) is 0.956. The van der Waals surface area contributed by atoms with E-state index in [4.69, 9.17) is 16.3 Å². The lowest BCUT2D eigenvalue weighted by Crippen LogP contribution is -2.30. The second kappa shape index (κ2) is 3.96. The van der Waals surface area contributed by atoms with Crippen LogP contribution in [0.25, 0.3) is 0 Å². The molecular formula is C7H8ClNOS2. The van der Waals surface area contributed by atoms with Gasteiger partial charge in [-0.05, 0) is 0 Å². The maximum Gasteiger partial charge on any atom is 0.183 e. The molecule has 1 saturated heterocycles. The summed E-state index contributed by atoms with van der Waals surface area (Å²) < 4.78 is 5.70. The van der Waals surface area contributed by atoms with E-state index >= 15 is 0 Å². The summed E-state index contributed by atoms with van der Waals surface area (Å²) in [5.41, 5.74) is 1.09. The lowest BCUT2D eigenvalue weighted by Gasteiger charge is -2.24. The predicted molar refractivity (Wildman–Crippen MR) is 53.0 cm³/mol. The van der Waals surface area contributed by atoms with Crippen LogP contribution in [0.4, 0.5) is 0 Å². The summed E-state index contributed by atoms with van der Waals surface area (Å²) in [6, 6.07) is 0. The first-order valence-corrected chi connectivity index (χ1v) is 5.94. The van der Waals surface area contributed by atoms with Crippen LogP contribution in [-0.4, -0.2) is 23.4 Å². The summed E-state index contributed by atoms with van der Waals surface area (Å²) >= 11 is 9.08. The maximum atomic E-state index is 5.70. The van der Waals surface area contributed by atoms with Gasteiger partial charge in [0.15, 0.2) is 4.47 Å². The molecule has 0 radical (unpaired) electrons. The van der Waals surface area contributed by atoms with Crippen LogP contribution in [0.5, 0.6) is 0 Å². The minimum Gasteiger partial charge on any atom is -0.379 e. The van der Waals surface area contributed by atoms with Gasteiger partial charge in [0.05, 0.1) is 24.2 Å². The van der Waals surface area contributed by atoms with E-state index in [1.807, 2.05) is 17.1 Å². The minimum atomic E-state index is 0.635. The maximum absolute atomic E-state index is 5.70. The van der Waals surface area contributed by atoms with Crippen LogP contribution in [0.3, 0.4) is 0 Å². The second-order valence-electron chi connectivity index (χ2n) is 2.56. The summed E-state index contributed by atoms with van der Waals surface area (Å²) in [6.07, 6.45) is 0. The number of ether oxygens (including phenoxy) is 1. The van der Waals surface area contributed by atoms with Crippen molar-refractivity contribution in [2.45, 2.75) is 11.0 Å². The van der Waals surface area contributed by atoms with Gasteiger partial charge in [-0.3, -0.25) is 0 Å². The van der Waals surface area contributed by atoms with Crippen LogP contribution in [0.1, 0.15) is 5.69 Å². The Morgan fingerprint density at radius 3 is 3.08 bits per heavy atom. The summed E-state index contributed by atoms with van der Waals surface area (Å²) in [7, 11) is 0. The Kier molecular flexibility index (Phi) is 2.91. The lowest BCUT2D eigenvalue weighted by atomic mass is 10.4.